The molecule has 1 unspecified atom stereocenters. The van der Waals surface area contributed by atoms with Gasteiger partial charge in [-0.05, 0) is 38.0 Å². The van der Waals surface area contributed by atoms with Crippen LogP contribution in [0, 0.1) is 10.1 Å². The monoisotopic (exact) mass is 287 g/mol. The fourth-order valence-corrected chi connectivity index (χ4v) is 2.72. The quantitative estimate of drug-likeness (QED) is 0.690. The Bertz CT molecular complexity index is 681. The van der Waals surface area contributed by atoms with E-state index in [4.69, 9.17) is 4.74 Å². The van der Waals surface area contributed by atoms with Gasteiger partial charge in [0.2, 0.25) is 0 Å². The summed E-state index contributed by atoms with van der Waals surface area (Å²) in [5.74, 6) is 0. The number of rotatable bonds is 4. The smallest absolute Gasteiger partial charge is 0.278 e. The van der Waals surface area contributed by atoms with E-state index < -0.39 is 0 Å². The summed E-state index contributed by atoms with van der Waals surface area (Å²) >= 11 is 0. The number of hydrogen-bond donors (Lipinski definition) is 1. The van der Waals surface area contributed by atoms with Crippen molar-refractivity contribution in [2.24, 2.45) is 0 Å². The second-order valence-electron chi connectivity index (χ2n) is 5.54. The second kappa shape index (κ2) is 5.29. The molecule has 0 saturated carbocycles. The Morgan fingerprint density at radius 1 is 1.48 bits per heavy atom. The van der Waals surface area contributed by atoms with E-state index in [0.717, 1.165) is 25.1 Å². The van der Waals surface area contributed by atoms with Crippen molar-refractivity contribution >= 4 is 22.3 Å². The van der Waals surface area contributed by atoms with Crippen molar-refractivity contribution in [3.05, 3.63) is 40.6 Å². The van der Waals surface area contributed by atoms with E-state index in [1.54, 1.807) is 24.4 Å². The highest BCUT2D eigenvalue weighted by atomic mass is 16.6. The van der Waals surface area contributed by atoms with Gasteiger partial charge in [0.1, 0.15) is 5.52 Å². The van der Waals surface area contributed by atoms with E-state index in [1.165, 1.54) is 6.07 Å². The first-order valence-electron chi connectivity index (χ1n) is 6.99. The number of nitrogens with one attached hydrogen (secondary N) is 1. The van der Waals surface area contributed by atoms with Crippen LogP contribution in [0.5, 0.6) is 0 Å². The molecule has 1 aromatic carbocycles. The minimum absolute atomic E-state index is 0.0759. The molecule has 110 valence electrons. The lowest BCUT2D eigenvalue weighted by molar-refractivity contribution is -0.383. The molecule has 1 atom stereocenters. The zero-order valence-corrected chi connectivity index (χ0v) is 11.8. The van der Waals surface area contributed by atoms with E-state index >= 15 is 0 Å². The van der Waals surface area contributed by atoms with Gasteiger partial charge in [0, 0.05) is 25.4 Å². The van der Waals surface area contributed by atoms with Crippen LogP contribution < -0.4 is 5.32 Å². The van der Waals surface area contributed by atoms with Crippen LogP contribution in [-0.4, -0.2) is 28.7 Å². The second-order valence-corrected chi connectivity index (χ2v) is 5.54. The van der Waals surface area contributed by atoms with Gasteiger partial charge >= 0.3 is 0 Å². The first kappa shape index (κ1) is 13.8. The van der Waals surface area contributed by atoms with Gasteiger partial charge in [-0.1, -0.05) is 0 Å². The van der Waals surface area contributed by atoms with Crippen LogP contribution in [0.1, 0.15) is 19.8 Å². The number of nitro benzene ring substituents is 1. The topological polar surface area (TPSA) is 77.3 Å². The van der Waals surface area contributed by atoms with Crippen molar-refractivity contribution in [3.63, 3.8) is 0 Å². The Balaban J connectivity index is 1.92. The van der Waals surface area contributed by atoms with E-state index in [0.29, 0.717) is 17.4 Å². The summed E-state index contributed by atoms with van der Waals surface area (Å²) in [6.07, 6.45) is 3.72. The summed E-state index contributed by atoms with van der Waals surface area (Å²) < 4.78 is 5.75. The molecule has 6 heteroatoms. The molecule has 1 N–H and O–H groups in total. The van der Waals surface area contributed by atoms with Crippen molar-refractivity contribution in [1.29, 1.82) is 0 Å². The highest BCUT2D eigenvalue weighted by molar-refractivity contribution is 5.96. The van der Waals surface area contributed by atoms with Gasteiger partial charge in [0.15, 0.2) is 0 Å². The third-order valence-corrected chi connectivity index (χ3v) is 3.90. The average Bonchev–Trinajstić information content (AvgIpc) is 2.91. The Labute approximate surface area is 122 Å². The molecule has 0 radical (unpaired) electrons. The van der Waals surface area contributed by atoms with Crippen LogP contribution in [0.2, 0.25) is 0 Å². The number of anilines is 1. The minimum Gasteiger partial charge on any atom is -0.380 e. The number of ether oxygens (including phenoxy) is 1. The summed E-state index contributed by atoms with van der Waals surface area (Å²) in [6.45, 7) is 3.53. The van der Waals surface area contributed by atoms with Crippen molar-refractivity contribution < 1.29 is 9.66 Å². The van der Waals surface area contributed by atoms with Crippen LogP contribution in [-0.2, 0) is 4.74 Å². The average molecular weight is 287 g/mol. The highest BCUT2D eigenvalue weighted by Crippen LogP contribution is 2.31. The van der Waals surface area contributed by atoms with Gasteiger partial charge in [-0.25, -0.2) is 0 Å². The fourth-order valence-electron chi connectivity index (χ4n) is 2.72. The summed E-state index contributed by atoms with van der Waals surface area (Å²) in [6, 6.07) is 6.66. The van der Waals surface area contributed by atoms with Gasteiger partial charge in [-0.3, -0.25) is 15.1 Å². The van der Waals surface area contributed by atoms with Crippen LogP contribution >= 0.6 is 0 Å². The SMILES string of the molecule is CC1(CNc2ccc([N+](=O)[O-])c3cccnc23)CCCO1. The molecule has 1 fully saturated rings. The largest absolute Gasteiger partial charge is 0.380 e. The first-order chi connectivity index (χ1) is 10.1. The third kappa shape index (κ3) is 2.67. The van der Waals surface area contributed by atoms with Crippen LogP contribution in [0.4, 0.5) is 11.4 Å². The Kier molecular flexibility index (Phi) is 3.47. The molecule has 3 rings (SSSR count). The number of non-ortho nitro benzene ring substituents is 1. The molecule has 1 aliphatic heterocycles. The number of pyridine rings is 1. The zero-order valence-electron chi connectivity index (χ0n) is 11.8. The van der Waals surface area contributed by atoms with Crippen molar-refractivity contribution in [2.75, 3.05) is 18.5 Å². The number of fused-ring (bicyclic) bond motifs is 1. The fraction of sp³-hybridized carbons (Fsp3) is 0.400. The number of aromatic nitrogens is 1. The normalized spacial score (nSPS) is 21.6. The van der Waals surface area contributed by atoms with Crippen LogP contribution in [0.15, 0.2) is 30.5 Å². The molecule has 2 heterocycles. The standard InChI is InChI=1S/C15H17N3O3/c1-15(7-3-9-21-15)10-17-12-5-6-13(18(19)20)11-4-2-8-16-14(11)12/h2,4-6,8,17H,3,7,9-10H2,1H3. The molecule has 0 amide bonds. The number of hydrogen-bond acceptors (Lipinski definition) is 5. The molecule has 0 aliphatic carbocycles. The number of nitro groups is 1. The van der Waals surface area contributed by atoms with Crippen molar-refractivity contribution in [2.45, 2.75) is 25.4 Å². The molecule has 1 aromatic heterocycles. The highest BCUT2D eigenvalue weighted by Gasteiger charge is 2.29. The van der Waals surface area contributed by atoms with Gasteiger partial charge in [0.25, 0.3) is 5.69 Å². The van der Waals surface area contributed by atoms with E-state index in [2.05, 4.69) is 17.2 Å². The number of benzene rings is 1. The Morgan fingerprint density at radius 3 is 3.05 bits per heavy atom. The van der Waals surface area contributed by atoms with E-state index in [9.17, 15) is 10.1 Å². The van der Waals surface area contributed by atoms with E-state index in [1.807, 2.05) is 0 Å². The molecule has 1 aliphatic rings. The molecule has 21 heavy (non-hydrogen) atoms. The van der Waals surface area contributed by atoms with Crippen LogP contribution in [0.3, 0.4) is 0 Å². The molecule has 1 saturated heterocycles. The minimum atomic E-state index is -0.380. The predicted molar refractivity (Wildman–Crippen MR) is 80.5 cm³/mol. The maximum Gasteiger partial charge on any atom is 0.278 e. The van der Waals surface area contributed by atoms with Gasteiger partial charge in [-0.15, -0.1) is 0 Å². The molecule has 2 aromatic rings. The molecule has 6 nitrogen and oxygen atoms in total. The molecular formula is C15H17N3O3. The maximum absolute atomic E-state index is 11.1. The predicted octanol–water partition coefficient (Wildman–Crippen LogP) is 3.12. The zero-order chi connectivity index (χ0) is 14.9. The summed E-state index contributed by atoms with van der Waals surface area (Å²) in [5, 5.41) is 15.0. The molecule has 0 bridgehead atoms. The summed E-state index contributed by atoms with van der Waals surface area (Å²) in [5.41, 5.74) is 1.32. The summed E-state index contributed by atoms with van der Waals surface area (Å²) in [7, 11) is 0. The lowest BCUT2D eigenvalue weighted by Crippen LogP contribution is -2.32. The lowest BCUT2D eigenvalue weighted by atomic mass is 10.0. The molecule has 0 spiro atoms. The Morgan fingerprint density at radius 2 is 2.33 bits per heavy atom. The number of nitrogens with zero attached hydrogens (tertiary/aromatic N) is 2. The van der Waals surface area contributed by atoms with Crippen molar-refractivity contribution in [1.82, 2.24) is 4.98 Å². The van der Waals surface area contributed by atoms with Gasteiger partial charge in [0.05, 0.1) is 21.6 Å². The summed E-state index contributed by atoms with van der Waals surface area (Å²) in [4.78, 5) is 15.0. The van der Waals surface area contributed by atoms with Crippen LogP contribution in [0.25, 0.3) is 10.9 Å². The lowest BCUT2D eigenvalue weighted by Gasteiger charge is -2.24. The first-order valence-corrected chi connectivity index (χ1v) is 6.99. The maximum atomic E-state index is 11.1. The van der Waals surface area contributed by atoms with E-state index in [-0.39, 0.29) is 16.2 Å². The molecular weight excluding hydrogens is 270 g/mol. The van der Waals surface area contributed by atoms with Gasteiger partial charge in [-0.2, -0.15) is 0 Å². The van der Waals surface area contributed by atoms with Gasteiger partial charge < -0.3 is 10.1 Å². The van der Waals surface area contributed by atoms with Crippen molar-refractivity contribution in [3.8, 4) is 0 Å². The Hall–Kier alpha value is -2.21. The third-order valence-electron chi connectivity index (χ3n) is 3.90.